The second kappa shape index (κ2) is 5.16. The van der Waals surface area contributed by atoms with Crippen molar-refractivity contribution < 1.29 is 13.7 Å². The van der Waals surface area contributed by atoms with E-state index in [-0.39, 0.29) is 11.7 Å². The Morgan fingerprint density at radius 3 is 2.90 bits per heavy atom. The van der Waals surface area contributed by atoms with Crippen molar-refractivity contribution in [1.82, 2.24) is 10.5 Å². The van der Waals surface area contributed by atoms with Crippen LogP contribution in [0.15, 0.2) is 47.5 Å². The number of carbonyl (C=O) groups excluding carboxylic acids is 1. The second-order valence-electron chi connectivity index (χ2n) is 5.14. The van der Waals surface area contributed by atoms with Gasteiger partial charge in [-0.15, -0.1) is 6.58 Å². The van der Waals surface area contributed by atoms with Gasteiger partial charge in [-0.3, -0.25) is 4.79 Å². The molecule has 0 unspecified atom stereocenters. The summed E-state index contributed by atoms with van der Waals surface area (Å²) in [5.74, 6) is -0.122. The SMILES string of the molecule is C=CCNC(=O)C1(c2cc(-c3ccccc3F)on2)CC1. The van der Waals surface area contributed by atoms with Gasteiger partial charge < -0.3 is 9.84 Å². The molecule has 1 saturated carbocycles. The Morgan fingerprint density at radius 2 is 2.24 bits per heavy atom. The number of hydrogen-bond donors (Lipinski definition) is 1. The van der Waals surface area contributed by atoms with Crippen molar-refractivity contribution in [2.45, 2.75) is 18.3 Å². The van der Waals surface area contributed by atoms with Crippen LogP contribution >= 0.6 is 0 Å². The lowest BCUT2D eigenvalue weighted by Gasteiger charge is -2.10. The number of carbonyl (C=O) groups is 1. The predicted octanol–water partition coefficient (Wildman–Crippen LogP) is 2.81. The third kappa shape index (κ3) is 2.35. The highest BCUT2D eigenvalue weighted by atomic mass is 19.1. The van der Waals surface area contributed by atoms with Crippen LogP contribution in [-0.4, -0.2) is 17.6 Å². The first kappa shape index (κ1) is 13.5. The van der Waals surface area contributed by atoms with Crippen molar-refractivity contribution in [3.8, 4) is 11.3 Å². The Kier molecular flexibility index (Phi) is 3.33. The summed E-state index contributed by atoms with van der Waals surface area (Å²) in [6.45, 7) is 3.99. The molecule has 5 heteroatoms. The lowest BCUT2D eigenvalue weighted by Crippen LogP contribution is -2.34. The Bertz CT molecular complexity index is 689. The van der Waals surface area contributed by atoms with E-state index >= 15 is 0 Å². The van der Waals surface area contributed by atoms with Crippen LogP contribution in [0.25, 0.3) is 11.3 Å². The van der Waals surface area contributed by atoms with Crippen LogP contribution in [-0.2, 0) is 10.2 Å². The maximum atomic E-state index is 13.7. The number of rotatable bonds is 5. The van der Waals surface area contributed by atoms with Gasteiger partial charge in [-0.1, -0.05) is 23.4 Å². The first-order valence-corrected chi connectivity index (χ1v) is 6.79. The van der Waals surface area contributed by atoms with Crippen molar-refractivity contribution in [2.24, 2.45) is 0 Å². The highest BCUT2D eigenvalue weighted by Crippen LogP contribution is 2.48. The minimum Gasteiger partial charge on any atom is -0.356 e. The van der Waals surface area contributed by atoms with Crippen LogP contribution in [0.5, 0.6) is 0 Å². The summed E-state index contributed by atoms with van der Waals surface area (Å²) in [5, 5.41) is 6.75. The molecule has 108 valence electrons. The van der Waals surface area contributed by atoms with E-state index in [9.17, 15) is 9.18 Å². The van der Waals surface area contributed by atoms with E-state index in [0.717, 1.165) is 12.8 Å². The molecule has 4 nitrogen and oxygen atoms in total. The van der Waals surface area contributed by atoms with Crippen molar-refractivity contribution in [2.75, 3.05) is 6.54 Å². The van der Waals surface area contributed by atoms with E-state index in [2.05, 4.69) is 17.1 Å². The standard InChI is InChI=1S/C16H15FN2O2/c1-2-9-18-15(20)16(7-8-16)14-10-13(21-19-14)11-5-3-4-6-12(11)17/h2-6,10H,1,7-9H2,(H,18,20). The Balaban J connectivity index is 1.87. The second-order valence-corrected chi connectivity index (χ2v) is 5.14. The molecule has 0 atom stereocenters. The lowest BCUT2D eigenvalue weighted by atomic mass is 10.0. The van der Waals surface area contributed by atoms with Gasteiger partial charge in [0, 0.05) is 12.6 Å². The molecule has 3 rings (SSSR count). The van der Waals surface area contributed by atoms with Crippen LogP contribution in [0, 0.1) is 5.82 Å². The van der Waals surface area contributed by atoms with Crippen molar-refractivity contribution >= 4 is 5.91 Å². The molecule has 0 saturated heterocycles. The molecule has 1 amide bonds. The maximum absolute atomic E-state index is 13.7. The number of nitrogens with zero attached hydrogens (tertiary/aromatic N) is 1. The van der Waals surface area contributed by atoms with Gasteiger partial charge in [-0.2, -0.15) is 0 Å². The van der Waals surface area contributed by atoms with Crippen LogP contribution in [0.4, 0.5) is 4.39 Å². The molecule has 1 aromatic carbocycles. The topological polar surface area (TPSA) is 55.1 Å². The summed E-state index contributed by atoms with van der Waals surface area (Å²) in [4.78, 5) is 12.2. The molecule has 0 radical (unpaired) electrons. The first-order chi connectivity index (χ1) is 10.2. The molecular formula is C16H15FN2O2. The molecule has 1 heterocycles. The number of hydrogen-bond acceptors (Lipinski definition) is 3. The third-order valence-electron chi connectivity index (χ3n) is 3.73. The van der Waals surface area contributed by atoms with Gasteiger partial charge in [-0.25, -0.2) is 4.39 Å². The van der Waals surface area contributed by atoms with E-state index in [1.165, 1.54) is 6.07 Å². The van der Waals surface area contributed by atoms with E-state index in [1.54, 1.807) is 30.3 Å². The highest BCUT2D eigenvalue weighted by molar-refractivity contribution is 5.91. The largest absolute Gasteiger partial charge is 0.356 e. The Hall–Kier alpha value is -2.43. The predicted molar refractivity (Wildman–Crippen MR) is 76.0 cm³/mol. The number of aromatic nitrogens is 1. The van der Waals surface area contributed by atoms with Gasteiger partial charge in [-0.05, 0) is 25.0 Å². The average molecular weight is 286 g/mol. The zero-order chi connectivity index (χ0) is 14.9. The fourth-order valence-electron chi connectivity index (χ4n) is 2.35. The van der Waals surface area contributed by atoms with Crippen molar-refractivity contribution in [3.63, 3.8) is 0 Å². The lowest BCUT2D eigenvalue weighted by molar-refractivity contribution is -0.123. The molecule has 21 heavy (non-hydrogen) atoms. The minimum atomic E-state index is -0.629. The average Bonchev–Trinajstić information content (AvgIpc) is 3.16. The minimum absolute atomic E-state index is 0.0872. The monoisotopic (exact) mass is 286 g/mol. The summed E-state index contributed by atoms with van der Waals surface area (Å²) >= 11 is 0. The molecule has 1 N–H and O–H groups in total. The zero-order valence-corrected chi connectivity index (χ0v) is 11.4. The van der Waals surface area contributed by atoms with Gasteiger partial charge in [0.1, 0.15) is 5.82 Å². The zero-order valence-electron chi connectivity index (χ0n) is 11.4. The van der Waals surface area contributed by atoms with Crippen LogP contribution in [0.3, 0.4) is 0 Å². The number of benzene rings is 1. The van der Waals surface area contributed by atoms with E-state index in [4.69, 9.17) is 4.52 Å². The molecule has 0 aliphatic heterocycles. The molecule has 2 aromatic rings. The summed E-state index contributed by atoms with van der Waals surface area (Å²) in [7, 11) is 0. The van der Waals surface area contributed by atoms with E-state index in [1.807, 2.05) is 0 Å². The highest BCUT2D eigenvalue weighted by Gasteiger charge is 2.53. The molecule has 0 bridgehead atoms. The third-order valence-corrected chi connectivity index (χ3v) is 3.73. The number of amides is 1. The maximum Gasteiger partial charge on any atom is 0.232 e. The van der Waals surface area contributed by atoms with Crippen LogP contribution < -0.4 is 5.32 Å². The molecule has 1 fully saturated rings. The normalized spacial score (nSPS) is 15.5. The summed E-state index contributed by atoms with van der Waals surface area (Å²) in [5.41, 5.74) is 0.275. The molecular weight excluding hydrogens is 271 g/mol. The summed E-state index contributed by atoms with van der Waals surface area (Å²) in [6, 6.07) is 7.97. The summed E-state index contributed by atoms with van der Waals surface area (Å²) < 4.78 is 19.0. The quantitative estimate of drug-likeness (QED) is 0.860. The molecule has 0 spiro atoms. The fraction of sp³-hybridized carbons (Fsp3) is 0.250. The summed E-state index contributed by atoms with van der Waals surface area (Å²) in [6.07, 6.45) is 3.07. The van der Waals surface area contributed by atoms with E-state index in [0.29, 0.717) is 23.6 Å². The number of halogens is 1. The number of nitrogens with one attached hydrogen (secondary N) is 1. The van der Waals surface area contributed by atoms with Gasteiger partial charge in [0.05, 0.1) is 16.7 Å². The molecule has 1 aliphatic rings. The van der Waals surface area contributed by atoms with Crippen molar-refractivity contribution in [3.05, 3.63) is 54.5 Å². The van der Waals surface area contributed by atoms with Crippen LogP contribution in [0.2, 0.25) is 0 Å². The van der Waals surface area contributed by atoms with Gasteiger partial charge in [0.15, 0.2) is 5.76 Å². The molecule has 1 aromatic heterocycles. The fourth-order valence-corrected chi connectivity index (χ4v) is 2.35. The molecule has 1 aliphatic carbocycles. The smallest absolute Gasteiger partial charge is 0.232 e. The first-order valence-electron chi connectivity index (χ1n) is 6.79. The van der Waals surface area contributed by atoms with Gasteiger partial charge >= 0.3 is 0 Å². The van der Waals surface area contributed by atoms with Crippen molar-refractivity contribution in [1.29, 1.82) is 0 Å². The van der Waals surface area contributed by atoms with Gasteiger partial charge in [0.25, 0.3) is 0 Å². The Labute approximate surface area is 121 Å². The van der Waals surface area contributed by atoms with Gasteiger partial charge in [0.2, 0.25) is 5.91 Å². The Morgan fingerprint density at radius 1 is 1.48 bits per heavy atom. The van der Waals surface area contributed by atoms with E-state index < -0.39 is 5.41 Å². The van der Waals surface area contributed by atoms with Crippen LogP contribution in [0.1, 0.15) is 18.5 Å².